The summed E-state index contributed by atoms with van der Waals surface area (Å²) < 4.78 is 17.7. The maximum Gasteiger partial charge on any atom is 0.313 e. The summed E-state index contributed by atoms with van der Waals surface area (Å²) in [6.45, 7) is 0. The fourth-order valence-corrected chi connectivity index (χ4v) is 0.960. The molecular formula is C7H8FN3O3. The number of nitrogens with two attached hydrogens (primary N) is 1. The van der Waals surface area contributed by atoms with Gasteiger partial charge in [-0.15, -0.1) is 0 Å². The number of nitro benzene ring substituents is 1. The Morgan fingerprint density at radius 3 is 2.71 bits per heavy atom. The Kier molecular flexibility index (Phi) is 2.82. The van der Waals surface area contributed by atoms with Crippen LogP contribution in [0.15, 0.2) is 12.1 Å². The minimum absolute atomic E-state index is 0.0515. The highest BCUT2D eigenvalue weighted by Gasteiger charge is 2.18. The van der Waals surface area contributed by atoms with Gasteiger partial charge in [0.05, 0.1) is 23.8 Å². The molecule has 0 aliphatic carbocycles. The largest absolute Gasteiger partial charge is 0.490 e. The third-order valence-corrected chi connectivity index (χ3v) is 1.62. The zero-order chi connectivity index (χ0) is 10.7. The lowest BCUT2D eigenvalue weighted by Gasteiger charge is -2.05. The van der Waals surface area contributed by atoms with Crippen molar-refractivity contribution < 1.29 is 14.1 Å². The van der Waals surface area contributed by atoms with E-state index in [9.17, 15) is 14.5 Å². The number of hydrogen-bond acceptors (Lipinski definition) is 5. The standard InChI is InChI=1S/C7H8FN3O3/c1-14-7-3-5(10-9)4(8)2-6(7)11(12)13/h2-3,10H,9H2,1H3. The van der Waals surface area contributed by atoms with Gasteiger partial charge in [-0.05, 0) is 0 Å². The number of hydrazine groups is 1. The lowest BCUT2D eigenvalue weighted by molar-refractivity contribution is -0.385. The zero-order valence-electron chi connectivity index (χ0n) is 7.28. The number of anilines is 1. The van der Waals surface area contributed by atoms with Crippen LogP contribution in [0.25, 0.3) is 0 Å². The van der Waals surface area contributed by atoms with Crippen LogP contribution in [0, 0.1) is 15.9 Å². The molecule has 0 radical (unpaired) electrons. The van der Waals surface area contributed by atoms with Crippen molar-refractivity contribution in [1.29, 1.82) is 0 Å². The Morgan fingerprint density at radius 2 is 2.29 bits per heavy atom. The first kappa shape index (κ1) is 10.2. The molecule has 1 rings (SSSR count). The molecule has 0 amide bonds. The molecule has 76 valence electrons. The van der Waals surface area contributed by atoms with Gasteiger partial charge in [0.25, 0.3) is 0 Å². The number of ether oxygens (including phenoxy) is 1. The third-order valence-electron chi connectivity index (χ3n) is 1.62. The van der Waals surface area contributed by atoms with Crippen LogP contribution in [-0.4, -0.2) is 12.0 Å². The predicted octanol–water partition coefficient (Wildman–Crippen LogP) is 1.03. The van der Waals surface area contributed by atoms with E-state index in [-0.39, 0.29) is 11.4 Å². The first-order chi connectivity index (χ1) is 6.60. The van der Waals surface area contributed by atoms with E-state index < -0.39 is 16.4 Å². The number of hydrogen-bond donors (Lipinski definition) is 2. The molecule has 1 aromatic rings. The molecule has 3 N–H and O–H groups in total. The van der Waals surface area contributed by atoms with E-state index in [1.54, 1.807) is 0 Å². The van der Waals surface area contributed by atoms with Crippen molar-refractivity contribution in [2.45, 2.75) is 0 Å². The van der Waals surface area contributed by atoms with Crippen molar-refractivity contribution in [2.75, 3.05) is 12.5 Å². The lowest BCUT2D eigenvalue weighted by atomic mass is 10.2. The summed E-state index contributed by atoms with van der Waals surface area (Å²) in [6.07, 6.45) is 0. The summed E-state index contributed by atoms with van der Waals surface area (Å²) in [5.74, 6) is 4.13. The van der Waals surface area contributed by atoms with Crippen molar-refractivity contribution in [1.82, 2.24) is 0 Å². The molecule has 0 saturated heterocycles. The second-order valence-electron chi connectivity index (χ2n) is 2.41. The van der Waals surface area contributed by atoms with E-state index >= 15 is 0 Å². The lowest BCUT2D eigenvalue weighted by Crippen LogP contribution is -2.09. The van der Waals surface area contributed by atoms with Crippen LogP contribution in [0.3, 0.4) is 0 Å². The van der Waals surface area contributed by atoms with Gasteiger partial charge in [0.2, 0.25) is 0 Å². The number of benzene rings is 1. The monoisotopic (exact) mass is 201 g/mol. The molecule has 0 fully saturated rings. The van der Waals surface area contributed by atoms with Crippen molar-refractivity contribution in [3.63, 3.8) is 0 Å². The van der Waals surface area contributed by atoms with Crippen LogP contribution in [0.4, 0.5) is 15.8 Å². The number of nitrogens with zero attached hydrogens (tertiary/aromatic N) is 1. The molecule has 0 saturated carbocycles. The topological polar surface area (TPSA) is 90.4 Å². The number of nitro groups is 1. The van der Waals surface area contributed by atoms with E-state index in [1.807, 2.05) is 0 Å². The van der Waals surface area contributed by atoms with E-state index in [0.717, 1.165) is 12.1 Å². The molecule has 14 heavy (non-hydrogen) atoms. The molecule has 6 nitrogen and oxygen atoms in total. The van der Waals surface area contributed by atoms with Gasteiger partial charge in [-0.25, -0.2) is 4.39 Å². The summed E-state index contributed by atoms with van der Waals surface area (Å²) in [4.78, 5) is 9.71. The van der Waals surface area contributed by atoms with Crippen molar-refractivity contribution in [3.8, 4) is 5.75 Å². The Bertz CT molecular complexity index is 369. The molecule has 7 heteroatoms. The second-order valence-corrected chi connectivity index (χ2v) is 2.41. The maximum atomic E-state index is 13.0. The van der Waals surface area contributed by atoms with Gasteiger partial charge in [-0.3, -0.25) is 16.0 Å². The molecule has 0 aromatic heterocycles. The van der Waals surface area contributed by atoms with E-state index in [0.29, 0.717) is 0 Å². The highest BCUT2D eigenvalue weighted by molar-refractivity contribution is 5.58. The summed E-state index contributed by atoms with van der Waals surface area (Å²) in [5.41, 5.74) is 1.56. The molecule has 0 spiro atoms. The Hall–Kier alpha value is -1.89. The minimum Gasteiger partial charge on any atom is -0.490 e. The summed E-state index contributed by atoms with van der Waals surface area (Å²) in [6, 6.07) is 1.86. The van der Waals surface area contributed by atoms with Crippen molar-refractivity contribution in [2.24, 2.45) is 5.84 Å². The highest BCUT2D eigenvalue weighted by Crippen LogP contribution is 2.31. The Labute approximate surface area is 78.6 Å². The number of rotatable bonds is 3. The van der Waals surface area contributed by atoms with Crippen LogP contribution in [0.5, 0.6) is 5.75 Å². The van der Waals surface area contributed by atoms with Gasteiger partial charge in [-0.2, -0.15) is 0 Å². The molecule has 0 heterocycles. The summed E-state index contributed by atoms with van der Waals surface area (Å²) in [7, 11) is 1.25. The SMILES string of the molecule is COc1cc(NN)c(F)cc1[N+](=O)[O-]. The highest BCUT2D eigenvalue weighted by atomic mass is 19.1. The number of halogens is 1. The quantitative estimate of drug-likeness (QED) is 0.433. The fourth-order valence-electron chi connectivity index (χ4n) is 0.960. The van der Waals surface area contributed by atoms with E-state index in [4.69, 9.17) is 10.6 Å². The van der Waals surface area contributed by atoms with E-state index in [2.05, 4.69) is 5.43 Å². The van der Waals surface area contributed by atoms with Crippen LogP contribution >= 0.6 is 0 Å². The Morgan fingerprint density at radius 1 is 1.64 bits per heavy atom. The van der Waals surface area contributed by atoms with Crippen LogP contribution < -0.4 is 16.0 Å². The smallest absolute Gasteiger partial charge is 0.313 e. The molecule has 0 bridgehead atoms. The fraction of sp³-hybridized carbons (Fsp3) is 0.143. The van der Waals surface area contributed by atoms with Crippen LogP contribution in [0.1, 0.15) is 0 Å². The van der Waals surface area contributed by atoms with Crippen molar-refractivity contribution >= 4 is 11.4 Å². The maximum absolute atomic E-state index is 13.0. The minimum atomic E-state index is -0.806. The van der Waals surface area contributed by atoms with Crippen molar-refractivity contribution in [3.05, 3.63) is 28.1 Å². The van der Waals surface area contributed by atoms with E-state index in [1.165, 1.54) is 7.11 Å². The second kappa shape index (κ2) is 3.88. The van der Waals surface area contributed by atoms with Gasteiger partial charge in [0.15, 0.2) is 11.6 Å². The average Bonchev–Trinajstić information content (AvgIpc) is 2.17. The summed E-state index contributed by atoms with van der Waals surface area (Å²) in [5, 5.41) is 10.4. The van der Waals surface area contributed by atoms with Gasteiger partial charge < -0.3 is 10.2 Å². The Balaban J connectivity index is 3.31. The molecule has 0 aliphatic heterocycles. The first-order valence-corrected chi connectivity index (χ1v) is 3.58. The third kappa shape index (κ3) is 1.72. The zero-order valence-corrected chi connectivity index (χ0v) is 7.28. The van der Waals surface area contributed by atoms with Gasteiger partial charge in [-0.1, -0.05) is 0 Å². The molecular weight excluding hydrogens is 193 g/mol. The van der Waals surface area contributed by atoms with Gasteiger partial charge >= 0.3 is 5.69 Å². The van der Waals surface area contributed by atoms with Gasteiger partial charge in [0.1, 0.15) is 0 Å². The number of nitrogens with one attached hydrogen (secondary N) is 1. The van der Waals surface area contributed by atoms with Crippen LogP contribution in [0.2, 0.25) is 0 Å². The normalized spacial score (nSPS) is 9.64. The average molecular weight is 201 g/mol. The number of methoxy groups -OCH3 is 1. The molecule has 0 aliphatic rings. The molecule has 0 atom stereocenters. The summed E-state index contributed by atoms with van der Waals surface area (Å²) >= 11 is 0. The molecule has 0 unspecified atom stereocenters. The predicted molar refractivity (Wildman–Crippen MR) is 47.4 cm³/mol. The number of nitrogen functional groups attached to an aromatic ring is 1. The van der Waals surface area contributed by atoms with Crippen LogP contribution in [-0.2, 0) is 0 Å². The first-order valence-electron chi connectivity index (χ1n) is 3.58. The molecule has 1 aromatic carbocycles. The van der Waals surface area contributed by atoms with Gasteiger partial charge in [0, 0.05) is 6.07 Å².